The van der Waals surface area contributed by atoms with Gasteiger partial charge in [0, 0.05) is 23.8 Å². The molecule has 1 heterocycles. The molecule has 0 atom stereocenters. The van der Waals surface area contributed by atoms with Gasteiger partial charge in [0.2, 0.25) is 0 Å². The second kappa shape index (κ2) is 4.71. The molecule has 1 saturated carbocycles. The van der Waals surface area contributed by atoms with E-state index < -0.39 is 0 Å². The van der Waals surface area contributed by atoms with E-state index in [0.29, 0.717) is 18.2 Å². The highest BCUT2D eigenvalue weighted by Crippen LogP contribution is 2.30. The number of nitrogens with two attached hydrogens (primary N) is 1. The van der Waals surface area contributed by atoms with Crippen LogP contribution in [0.1, 0.15) is 24.1 Å². The van der Waals surface area contributed by atoms with Gasteiger partial charge in [0.15, 0.2) is 0 Å². The lowest BCUT2D eigenvalue weighted by Crippen LogP contribution is -2.30. The molecule has 1 aliphatic rings. The zero-order chi connectivity index (χ0) is 12.4. The van der Waals surface area contributed by atoms with Crippen LogP contribution in [-0.4, -0.2) is 35.1 Å². The standard InChI is InChI=1S/C12H18N4O/c1-8-6-9(12(13)14)7-11(15-8)16(4-5-17)10-2-3-10/h6-7,10,17H,2-5H2,1H3,(H3,13,14). The van der Waals surface area contributed by atoms with E-state index in [1.54, 1.807) is 6.07 Å². The minimum Gasteiger partial charge on any atom is -0.395 e. The molecule has 5 nitrogen and oxygen atoms in total. The first kappa shape index (κ1) is 11.9. The Kier molecular flexibility index (Phi) is 3.28. The smallest absolute Gasteiger partial charge is 0.129 e. The molecular formula is C12H18N4O. The molecule has 92 valence electrons. The molecule has 0 bridgehead atoms. The number of rotatable bonds is 5. The third kappa shape index (κ3) is 2.74. The van der Waals surface area contributed by atoms with Crippen LogP contribution < -0.4 is 10.6 Å². The zero-order valence-electron chi connectivity index (χ0n) is 9.98. The number of aliphatic hydroxyl groups excluding tert-OH is 1. The van der Waals surface area contributed by atoms with E-state index in [9.17, 15) is 0 Å². The van der Waals surface area contributed by atoms with E-state index in [-0.39, 0.29) is 12.4 Å². The monoisotopic (exact) mass is 234 g/mol. The minimum atomic E-state index is 0.0523. The van der Waals surface area contributed by atoms with Gasteiger partial charge in [-0.25, -0.2) is 4.98 Å². The maximum Gasteiger partial charge on any atom is 0.129 e. The van der Waals surface area contributed by atoms with E-state index in [1.165, 1.54) is 0 Å². The van der Waals surface area contributed by atoms with Gasteiger partial charge in [-0.05, 0) is 31.9 Å². The quantitative estimate of drug-likeness (QED) is 0.515. The van der Waals surface area contributed by atoms with Gasteiger partial charge >= 0.3 is 0 Å². The van der Waals surface area contributed by atoms with Crippen molar-refractivity contribution in [3.05, 3.63) is 23.4 Å². The summed E-state index contributed by atoms with van der Waals surface area (Å²) in [4.78, 5) is 6.56. The lowest BCUT2D eigenvalue weighted by atomic mass is 10.2. The van der Waals surface area contributed by atoms with Crippen LogP contribution in [0, 0.1) is 12.3 Å². The Morgan fingerprint density at radius 3 is 2.82 bits per heavy atom. The molecule has 1 fully saturated rings. The number of aryl methyl sites for hydroxylation is 1. The van der Waals surface area contributed by atoms with Gasteiger partial charge in [-0.2, -0.15) is 0 Å². The molecule has 5 heteroatoms. The normalized spacial score (nSPS) is 14.7. The van der Waals surface area contributed by atoms with Crippen LogP contribution in [-0.2, 0) is 0 Å². The van der Waals surface area contributed by atoms with E-state index in [1.807, 2.05) is 13.0 Å². The predicted molar refractivity (Wildman–Crippen MR) is 67.4 cm³/mol. The Balaban J connectivity index is 2.31. The molecule has 0 radical (unpaired) electrons. The summed E-state index contributed by atoms with van der Waals surface area (Å²) < 4.78 is 0. The third-order valence-corrected chi connectivity index (χ3v) is 2.87. The van der Waals surface area contributed by atoms with Crippen molar-refractivity contribution in [1.82, 2.24) is 4.98 Å². The predicted octanol–water partition coefficient (Wildman–Crippen LogP) is 0.635. The van der Waals surface area contributed by atoms with Gasteiger partial charge in [0.05, 0.1) is 6.61 Å². The lowest BCUT2D eigenvalue weighted by Gasteiger charge is -2.23. The summed E-state index contributed by atoms with van der Waals surface area (Å²) in [5.74, 6) is 0.864. The molecule has 17 heavy (non-hydrogen) atoms. The number of nitrogens with zero attached hydrogens (tertiary/aromatic N) is 2. The number of aromatic nitrogens is 1. The number of nitrogen functional groups attached to an aromatic ring is 1. The van der Waals surface area contributed by atoms with Crippen LogP contribution in [0.15, 0.2) is 12.1 Å². The molecule has 0 aromatic carbocycles. The SMILES string of the molecule is Cc1cc(C(=N)N)cc(N(CCO)C2CC2)n1. The molecule has 0 amide bonds. The van der Waals surface area contributed by atoms with E-state index >= 15 is 0 Å². The van der Waals surface area contributed by atoms with Gasteiger partial charge in [-0.3, -0.25) is 5.41 Å². The number of aliphatic hydroxyl groups is 1. The second-order valence-electron chi connectivity index (χ2n) is 4.42. The Hall–Kier alpha value is -1.62. The van der Waals surface area contributed by atoms with Crippen molar-refractivity contribution in [3.8, 4) is 0 Å². The average Bonchev–Trinajstić information content (AvgIpc) is 3.08. The molecule has 0 spiro atoms. The van der Waals surface area contributed by atoms with Crippen LogP contribution in [0.25, 0.3) is 0 Å². The second-order valence-corrected chi connectivity index (χ2v) is 4.42. The Labute approximate surface area is 101 Å². The first-order chi connectivity index (χ1) is 8.11. The first-order valence-corrected chi connectivity index (χ1v) is 5.82. The van der Waals surface area contributed by atoms with Crippen LogP contribution in [0.5, 0.6) is 0 Å². The fraction of sp³-hybridized carbons (Fsp3) is 0.500. The Morgan fingerprint density at radius 1 is 1.59 bits per heavy atom. The Bertz CT molecular complexity index is 429. The highest BCUT2D eigenvalue weighted by molar-refractivity contribution is 5.95. The largest absolute Gasteiger partial charge is 0.395 e. The highest BCUT2D eigenvalue weighted by atomic mass is 16.3. The van der Waals surface area contributed by atoms with Gasteiger partial charge in [0.25, 0.3) is 0 Å². The maximum absolute atomic E-state index is 9.09. The summed E-state index contributed by atoms with van der Waals surface area (Å²) >= 11 is 0. The number of pyridine rings is 1. The van der Waals surface area contributed by atoms with Gasteiger partial charge in [-0.15, -0.1) is 0 Å². The highest BCUT2D eigenvalue weighted by Gasteiger charge is 2.29. The Morgan fingerprint density at radius 2 is 2.29 bits per heavy atom. The number of anilines is 1. The van der Waals surface area contributed by atoms with Crippen LogP contribution in [0.3, 0.4) is 0 Å². The molecular weight excluding hydrogens is 216 g/mol. The van der Waals surface area contributed by atoms with Crippen molar-refractivity contribution in [3.63, 3.8) is 0 Å². The minimum absolute atomic E-state index is 0.0523. The summed E-state index contributed by atoms with van der Waals surface area (Å²) in [6.45, 7) is 2.58. The molecule has 1 aliphatic carbocycles. The van der Waals surface area contributed by atoms with Crippen molar-refractivity contribution in [2.45, 2.75) is 25.8 Å². The molecule has 1 aromatic rings. The fourth-order valence-corrected chi connectivity index (χ4v) is 1.93. The third-order valence-electron chi connectivity index (χ3n) is 2.87. The van der Waals surface area contributed by atoms with E-state index in [2.05, 4.69) is 9.88 Å². The van der Waals surface area contributed by atoms with Crippen molar-refractivity contribution in [2.24, 2.45) is 5.73 Å². The zero-order valence-corrected chi connectivity index (χ0v) is 9.98. The summed E-state index contributed by atoms with van der Waals surface area (Å²) in [6, 6.07) is 4.11. The molecule has 0 unspecified atom stereocenters. The van der Waals surface area contributed by atoms with Crippen molar-refractivity contribution >= 4 is 11.7 Å². The molecule has 4 N–H and O–H groups in total. The molecule has 0 aliphatic heterocycles. The first-order valence-electron chi connectivity index (χ1n) is 5.82. The topological polar surface area (TPSA) is 86.2 Å². The van der Waals surface area contributed by atoms with Crippen LogP contribution in [0.2, 0.25) is 0 Å². The van der Waals surface area contributed by atoms with Crippen molar-refractivity contribution < 1.29 is 5.11 Å². The van der Waals surface area contributed by atoms with Crippen molar-refractivity contribution in [1.29, 1.82) is 5.41 Å². The molecule has 2 rings (SSSR count). The number of nitrogens with one attached hydrogen (secondary N) is 1. The average molecular weight is 234 g/mol. The number of hydrogen-bond acceptors (Lipinski definition) is 4. The van der Waals surface area contributed by atoms with Gasteiger partial charge in [0.1, 0.15) is 11.7 Å². The van der Waals surface area contributed by atoms with Crippen molar-refractivity contribution in [2.75, 3.05) is 18.1 Å². The van der Waals surface area contributed by atoms with Crippen LogP contribution >= 0.6 is 0 Å². The van der Waals surface area contributed by atoms with Crippen LogP contribution in [0.4, 0.5) is 5.82 Å². The molecule has 1 aromatic heterocycles. The fourth-order valence-electron chi connectivity index (χ4n) is 1.93. The van der Waals surface area contributed by atoms with Gasteiger partial charge < -0.3 is 15.7 Å². The molecule has 0 saturated heterocycles. The lowest BCUT2D eigenvalue weighted by molar-refractivity contribution is 0.301. The van der Waals surface area contributed by atoms with E-state index in [4.69, 9.17) is 16.2 Å². The number of hydrogen-bond donors (Lipinski definition) is 3. The summed E-state index contributed by atoms with van der Waals surface area (Å²) in [5.41, 5.74) is 7.04. The number of amidine groups is 1. The summed E-state index contributed by atoms with van der Waals surface area (Å²) in [7, 11) is 0. The summed E-state index contributed by atoms with van der Waals surface area (Å²) in [6.07, 6.45) is 2.29. The van der Waals surface area contributed by atoms with Gasteiger partial charge in [-0.1, -0.05) is 0 Å². The summed E-state index contributed by atoms with van der Waals surface area (Å²) in [5, 5.41) is 16.6. The van der Waals surface area contributed by atoms with E-state index in [0.717, 1.165) is 24.4 Å². The maximum atomic E-state index is 9.09.